The van der Waals surface area contributed by atoms with Gasteiger partial charge in [0.15, 0.2) is 0 Å². The highest BCUT2D eigenvalue weighted by molar-refractivity contribution is 5.97. The minimum absolute atomic E-state index is 0.271. The van der Waals surface area contributed by atoms with E-state index in [0.29, 0.717) is 12.8 Å². The molecule has 2 atom stereocenters. The van der Waals surface area contributed by atoms with Crippen LogP contribution in [-0.4, -0.2) is 17.5 Å². The average molecular weight is 169 g/mol. The maximum Gasteiger partial charge on any atom is 0.317 e. The lowest BCUT2D eigenvalue weighted by Crippen LogP contribution is -2.34. The SMILES string of the molecule is CC1(N)CC2C(=O)OC(=O)C2C1. The summed E-state index contributed by atoms with van der Waals surface area (Å²) >= 11 is 0. The molecule has 2 fully saturated rings. The Morgan fingerprint density at radius 1 is 1.33 bits per heavy atom. The van der Waals surface area contributed by atoms with Gasteiger partial charge in [0.25, 0.3) is 0 Å². The molecule has 2 N–H and O–H groups in total. The number of nitrogens with two attached hydrogens (primary N) is 1. The van der Waals surface area contributed by atoms with Crippen LogP contribution in [0.5, 0.6) is 0 Å². The molecule has 0 spiro atoms. The fraction of sp³-hybridized carbons (Fsp3) is 0.750. The van der Waals surface area contributed by atoms with Gasteiger partial charge >= 0.3 is 11.9 Å². The third-order valence-corrected chi connectivity index (χ3v) is 2.66. The van der Waals surface area contributed by atoms with Gasteiger partial charge in [-0.05, 0) is 19.8 Å². The molecule has 1 saturated carbocycles. The van der Waals surface area contributed by atoms with Gasteiger partial charge in [-0.25, -0.2) is 0 Å². The number of hydrogen-bond acceptors (Lipinski definition) is 4. The van der Waals surface area contributed by atoms with Gasteiger partial charge in [-0.15, -0.1) is 0 Å². The van der Waals surface area contributed by atoms with Crippen molar-refractivity contribution in [1.82, 2.24) is 0 Å². The van der Waals surface area contributed by atoms with Crippen LogP contribution >= 0.6 is 0 Å². The molecule has 4 heteroatoms. The van der Waals surface area contributed by atoms with Crippen LogP contribution in [0.15, 0.2) is 0 Å². The largest absolute Gasteiger partial charge is 0.393 e. The minimum Gasteiger partial charge on any atom is -0.393 e. The molecule has 0 radical (unpaired) electrons. The molecular weight excluding hydrogens is 158 g/mol. The topological polar surface area (TPSA) is 69.4 Å². The maximum atomic E-state index is 11.1. The van der Waals surface area contributed by atoms with Crippen molar-refractivity contribution in [1.29, 1.82) is 0 Å². The molecule has 0 aromatic heterocycles. The Labute approximate surface area is 70.1 Å². The predicted molar refractivity (Wildman–Crippen MR) is 39.9 cm³/mol. The first-order valence-corrected chi connectivity index (χ1v) is 4.04. The molecule has 66 valence electrons. The van der Waals surface area contributed by atoms with Gasteiger partial charge in [0.1, 0.15) is 0 Å². The number of ether oxygens (including phenoxy) is 1. The van der Waals surface area contributed by atoms with Crippen LogP contribution in [0, 0.1) is 11.8 Å². The molecule has 1 heterocycles. The second-order valence-corrected chi connectivity index (χ2v) is 4.02. The Morgan fingerprint density at radius 2 is 1.75 bits per heavy atom. The summed E-state index contributed by atoms with van der Waals surface area (Å²) in [6.45, 7) is 1.87. The Balaban J connectivity index is 2.26. The highest BCUT2D eigenvalue weighted by Crippen LogP contribution is 2.42. The van der Waals surface area contributed by atoms with E-state index in [1.54, 1.807) is 0 Å². The molecular formula is C8H11NO3. The average Bonchev–Trinajstić information content (AvgIpc) is 2.34. The number of esters is 2. The molecule has 12 heavy (non-hydrogen) atoms. The third-order valence-electron chi connectivity index (χ3n) is 2.66. The van der Waals surface area contributed by atoms with Gasteiger partial charge in [0.05, 0.1) is 11.8 Å². The second-order valence-electron chi connectivity index (χ2n) is 4.02. The highest BCUT2D eigenvalue weighted by Gasteiger charge is 2.53. The summed E-state index contributed by atoms with van der Waals surface area (Å²) in [6, 6.07) is 0. The van der Waals surface area contributed by atoms with E-state index >= 15 is 0 Å². The molecule has 1 aliphatic heterocycles. The quantitative estimate of drug-likeness (QED) is 0.403. The van der Waals surface area contributed by atoms with E-state index in [-0.39, 0.29) is 29.3 Å². The highest BCUT2D eigenvalue weighted by atomic mass is 16.6. The summed E-state index contributed by atoms with van der Waals surface area (Å²) in [4.78, 5) is 22.1. The van der Waals surface area contributed by atoms with Gasteiger partial charge in [0.2, 0.25) is 0 Å². The van der Waals surface area contributed by atoms with E-state index in [4.69, 9.17) is 5.73 Å². The van der Waals surface area contributed by atoms with Crippen molar-refractivity contribution in [3.8, 4) is 0 Å². The molecule has 1 saturated heterocycles. The van der Waals surface area contributed by atoms with Crippen LogP contribution in [0.25, 0.3) is 0 Å². The maximum absolute atomic E-state index is 11.1. The summed E-state index contributed by atoms with van der Waals surface area (Å²) in [7, 11) is 0. The fourth-order valence-electron chi connectivity index (χ4n) is 2.12. The van der Waals surface area contributed by atoms with Crippen molar-refractivity contribution < 1.29 is 14.3 Å². The molecule has 2 rings (SSSR count). The Hall–Kier alpha value is -0.900. The second kappa shape index (κ2) is 2.07. The first-order valence-electron chi connectivity index (χ1n) is 4.04. The molecule has 0 amide bonds. The third kappa shape index (κ3) is 0.948. The predicted octanol–water partition coefficient (Wildman–Crippen LogP) is -0.187. The van der Waals surface area contributed by atoms with E-state index in [1.807, 2.05) is 6.92 Å². The number of carbonyl (C=O) groups excluding carboxylic acids is 2. The van der Waals surface area contributed by atoms with Gasteiger partial charge in [-0.1, -0.05) is 0 Å². The van der Waals surface area contributed by atoms with E-state index < -0.39 is 0 Å². The summed E-state index contributed by atoms with van der Waals surface area (Å²) in [5.74, 6) is -1.32. The van der Waals surface area contributed by atoms with E-state index in [0.717, 1.165) is 0 Å². The van der Waals surface area contributed by atoms with Crippen LogP contribution in [0.4, 0.5) is 0 Å². The fourth-order valence-corrected chi connectivity index (χ4v) is 2.12. The first kappa shape index (κ1) is 7.73. The molecule has 1 aliphatic carbocycles. The Morgan fingerprint density at radius 3 is 2.17 bits per heavy atom. The van der Waals surface area contributed by atoms with Crippen LogP contribution < -0.4 is 5.73 Å². The van der Waals surface area contributed by atoms with Crippen LogP contribution in [0.3, 0.4) is 0 Å². The molecule has 0 aromatic carbocycles. The van der Waals surface area contributed by atoms with Gasteiger partial charge < -0.3 is 10.5 Å². The smallest absolute Gasteiger partial charge is 0.317 e. The molecule has 4 nitrogen and oxygen atoms in total. The summed E-state index contributed by atoms with van der Waals surface area (Å²) in [6.07, 6.45) is 1.14. The number of fused-ring (bicyclic) bond motifs is 1. The van der Waals surface area contributed by atoms with E-state index in [2.05, 4.69) is 4.74 Å². The number of cyclic esters (lactones) is 2. The normalized spacial score (nSPS) is 46.2. The van der Waals surface area contributed by atoms with Crippen molar-refractivity contribution in [2.45, 2.75) is 25.3 Å². The summed E-state index contributed by atoms with van der Waals surface area (Å²) in [5.41, 5.74) is 5.46. The number of hydrogen-bond donors (Lipinski definition) is 1. The molecule has 0 bridgehead atoms. The number of carbonyl (C=O) groups is 2. The van der Waals surface area contributed by atoms with Crippen LogP contribution in [0.1, 0.15) is 19.8 Å². The lowest BCUT2D eigenvalue weighted by molar-refractivity contribution is -0.154. The van der Waals surface area contributed by atoms with Crippen molar-refractivity contribution in [3.63, 3.8) is 0 Å². The van der Waals surface area contributed by atoms with Crippen molar-refractivity contribution in [2.75, 3.05) is 0 Å². The summed E-state index contributed by atoms with van der Waals surface area (Å²) < 4.78 is 4.49. The molecule has 2 unspecified atom stereocenters. The zero-order valence-electron chi connectivity index (χ0n) is 6.87. The van der Waals surface area contributed by atoms with Crippen molar-refractivity contribution in [2.24, 2.45) is 17.6 Å². The molecule has 0 aromatic rings. The number of rotatable bonds is 0. The zero-order chi connectivity index (χ0) is 8.93. The van der Waals surface area contributed by atoms with Crippen LogP contribution in [0.2, 0.25) is 0 Å². The zero-order valence-corrected chi connectivity index (χ0v) is 6.87. The summed E-state index contributed by atoms with van der Waals surface area (Å²) in [5, 5.41) is 0. The monoisotopic (exact) mass is 169 g/mol. The van der Waals surface area contributed by atoms with Crippen LogP contribution in [-0.2, 0) is 14.3 Å². The van der Waals surface area contributed by atoms with Gasteiger partial charge in [-0.3, -0.25) is 9.59 Å². The minimum atomic E-state index is -0.390. The van der Waals surface area contributed by atoms with Gasteiger partial charge in [0, 0.05) is 5.54 Å². The van der Waals surface area contributed by atoms with E-state index in [1.165, 1.54) is 0 Å². The van der Waals surface area contributed by atoms with Crippen molar-refractivity contribution in [3.05, 3.63) is 0 Å². The molecule has 2 aliphatic rings. The van der Waals surface area contributed by atoms with Crippen molar-refractivity contribution >= 4 is 11.9 Å². The lowest BCUT2D eigenvalue weighted by Gasteiger charge is -2.17. The van der Waals surface area contributed by atoms with E-state index in [9.17, 15) is 9.59 Å². The lowest BCUT2D eigenvalue weighted by atomic mass is 10.00. The van der Waals surface area contributed by atoms with Gasteiger partial charge in [-0.2, -0.15) is 0 Å². The first-order chi connectivity index (χ1) is 5.49. The Kier molecular flexibility index (Phi) is 1.33. The Bertz CT molecular complexity index is 235. The standard InChI is InChI=1S/C8H11NO3/c1-8(9)2-4-5(3-8)7(11)12-6(4)10/h4-5H,2-3,9H2,1H3.